The number of carbonyl (C=O) groups excluding carboxylic acids is 2. The van der Waals surface area contributed by atoms with Gasteiger partial charge >= 0.3 is 11.7 Å². The Kier molecular flexibility index (Phi) is 4.83. The Labute approximate surface area is 149 Å². The fourth-order valence-corrected chi connectivity index (χ4v) is 2.85. The number of hydrogen-bond donors (Lipinski definition) is 0. The van der Waals surface area contributed by atoms with Gasteiger partial charge in [0.1, 0.15) is 0 Å². The molecule has 0 aliphatic carbocycles. The summed E-state index contributed by atoms with van der Waals surface area (Å²) in [7, 11) is 1.30. The molecule has 26 heavy (non-hydrogen) atoms. The maximum Gasteiger partial charge on any atom is 0.338 e. The number of nitrogens with zero attached hydrogens (tertiary/aromatic N) is 2. The van der Waals surface area contributed by atoms with E-state index in [0.717, 1.165) is 23.7 Å². The van der Waals surface area contributed by atoms with Crippen molar-refractivity contribution >= 4 is 23.3 Å². The average Bonchev–Trinajstić information content (AvgIpc) is 3.09. The zero-order valence-electron chi connectivity index (χ0n) is 14.0. The van der Waals surface area contributed by atoms with Crippen LogP contribution in [0.4, 0.5) is 11.4 Å². The van der Waals surface area contributed by atoms with Gasteiger partial charge in [0, 0.05) is 18.3 Å². The van der Waals surface area contributed by atoms with Crippen LogP contribution in [0.15, 0.2) is 42.5 Å². The Hall–Kier alpha value is -3.42. The van der Waals surface area contributed by atoms with Crippen LogP contribution in [0, 0.1) is 10.1 Å². The molecule has 134 valence electrons. The first-order chi connectivity index (χ1) is 12.5. The maximum absolute atomic E-state index is 12.3. The van der Waals surface area contributed by atoms with Gasteiger partial charge in [-0.3, -0.25) is 14.9 Å². The first-order valence-electron chi connectivity index (χ1n) is 7.89. The van der Waals surface area contributed by atoms with Gasteiger partial charge in [-0.2, -0.15) is 0 Å². The number of nitro groups is 1. The fraction of sp³-hybridized carbons (Fsp3) is 0.222. The highest BCUT2D eigenvalue weighted by molar-refractivity contribution is 5.98. The highest BCUT2D eigenvalue weighted by Gasteiger charge is 2.25. The van der Waals surface area contributed by atoms with Gasteiger partial charge in [-0.25, -0.2) is 4.79 Å². The smallest absolute Gasteiger partial charge is 0.338 e. The van der Waals surface area contributed by atoms with Crippen LogP contribution in [0.5, 0.6) is 5.75 Å². The Balaban J connectivity index is 1.67. The lowest BCUT2D eigenvalue weighted by Gasteiger charge is -2.17. The summed E-state index contributed by atoms with van der Waals surface area (Å²) in [6, 6.07) is 11.3. The van der Waals surface area contributed by atoms with Crippen LogP contribution < -0.4 is 9.64 Å². The van der Waals surface area contributed by atoms with Crippen molar-refractivity contribution in [3.8, 4) is 5.75 Å². The number of rotatable bonds is 5. The highest BCUT2D eigenvalue weighted by atomic mass is 16.6. The molecule has 8 nitrogen and oxygen atoms in total. The van der Waals surface area contributed by atoms with Crippen molar-refractivity contribution in [3.05, 3.63) is 63.7 Å². The van der Waals surface area contributed by atoms with E-state index in [1.54, 1.807) is 4.90 Å². The maximum atomic E-state index is 12.3. The van der Waals surface area contributed by atoms with Crippen molar-refractivity contribution in [2.75, 3.05) is 25.2 Å². The number of para-hydroxylation sites is 1. The third kappa shape index (κ3) is 3.34. The molecule has 0 radical (unpaired) electrons. The largest absolute Gasteiger partial charge is 0.490 e. The quantitative estimate of drug-likeness (QED) is 0.463. The predicted molar refractivity (Wildman–Crippen MR) is 92.4 cm³/mol. The van der Waals surface area contributed by atoms with Crippen LogP contribution in [-0.2, 0) is 16.0 Å². The number of ether oxygens (including phenoxy) is 2. The molecule has 2 aromatic carbocycles. The molecule has 0 unspecified atom stereocenters. The lowest BCUT2D eigenvalue weighted by molar-refractivity contribution is -0.385. The third-order valence-corrected chi connectivity index (χ3v) is 4.13. The highest BCUT2D eigenvalue weighted by Crippen LogP contribution is 2.29. The number of amides is 1. The predicted octanol–water partition coefficient (Wildman–Crippen LogP) is 2.35. The molecule has 2 aromatic rings. The monoisotopic (exact) mass is 356 g/mol. The SMILES string of the molecule is COc1ccc(C(=O)OCC(=O)N2CCc3ccccc32)cc1[N+](=O)[O-]. The molecule has 8 heteroatoms. The van der Waals surface area contributed by atoms with E-state index in [-0.39, 0.29) is 22.9 Å². The molecular formula is C18H16N2O6. The van der Waals surface area contributed by atoms with Crippen molar-refractivity contribution in [3.63, 3.8) is 0 Å². The molecule has 0 fully saturated rings. The molecule has 3 rings (SSSR count). The molecule has 0 atom stereocenters. The zero-order valence-corrected chi connectivity index (χ0v) is 14.0. The number of hydrogen-bond acceptors (Lipinski definition) is 6. The first-order valence-corrected chi connectivity index (χ1v) is 7.89. The number of benzene rings is 2. The van der Waals surface area contributed by atoms with Crippen molar-refractivity contribution in [2.45, 2.75) is 6.42 Å². The van der Waals surface area contributed by atoms with Crippen molar-refractivity contribution in [1.29, 1.82) is 0 Å². The minimum absolute atomic E-state index is 0.0212. The molecule has 1 heterocycles. The zero-order chi connectivity index (χ0) is 18.7. The van der Waals surface area contributed by atoms with Gasteiger partial charge in [0.15, 0.2) is 12.4 Å². The number of esters is 1. The molecule has 0 N–H and O–H groups in total. The topological polar surface area (TPSA) is 99.0 Å². The molecule has 0 saturated carbocycles. The van der Waals surface area contributed by atoms with Crippen LogP contribution in [0.1, 0.15) is 15.9 Å². The van der Waals surface area contributed by atoms with E-state index >= 15 is 0 Å². The van der Waals surface area contributed by atoms with Gasteiger partial charge in [-0.15, -0.1) is 0 Å². The van der Waals surface area contributed by atoms with E-state index in [9.17, 15) is 19.7 Å². The number of fused-ring (bicyclic) bond motifs is 1. The van der Waals surface area contributed by atoms with Gasteiger partial charge in [-0.05, 0) is 30.2 Å². The summed E-state index contributed by atoms with van der Waals surface area (Å²) in [4.78, 5) is 36.4. The van der Waals surface area contributed by atoms with Gasteiger partial charge in [0.05, 0.1) is 17.6 Å². The first kappa shape index (κ1) is 17.4. The second-order valence-electron chi connectivity index (χ2n) is 5.64. The lowest BCUT2D eigenvalue weighted by atomic mass is 10.2. The molecule has 1 aliphatic heterocycles. The average molecular weight is 356 g/mol. The molecule has 1 amide bonds. The summed E-state index contributed by atoms with van der Waals surface area (Å²) in [6.45, 7) is 0.0940. The molecule has 0 aromatic heterocycles. The Morgan fingerprint density at radius 3 is 2.73 bits per heavy atom. The van der Waals surface area contributed by atoms with Gasteiger partial charge in [-0.1, -0.05) is 18.2 Å². The van der Waals surface area contributed by atoms with E-state index in [1.807, 2.05) is 24.3 Å². The van der Waals surface area contributed by atoms with E-state index < -0.39 is 17.5 Å². The third-order valence-electron chi connectivity index (χ3n) is 4.13. The van der Waals surface area contributed by atoms with Crippen molar-refractivity contribution in [1.82, 2.24) is 0 Å². The van der Waals surface area contributed by atoms with Crippen LogP contribution in [0.25, 0.3) is 0 Å². The molecule has 0 spiro atoms. The standard InChI is InChI=1S/C18H16N2O6/c1-25-16-7-6-13(10-15(16)20(23)24)18(22)26-11-17(21)19-9-8-12-4-2-3-5-14(12)19/h2-7,10H,8-9,11H2,1H3. The Bertz CT molecular complexity index is 880. The van der Waals surface area contributed by atoms with Crippen LogP contribution in [0.3, 0.4) is 0 Å². The van der Waals surface area contributed by atoms with E-state index in [1.165, 1.54) is 19.2 Å². The minimum atomic E-state index is -0.809. The Morgan fingerprint density at radius 2 is 2.00 bits per heavy atom. The summed E-state index contributed by atoms with van der Waals surface area (Å²) < 4.78 is 9.92. The van der Waals surface area contributed by atoms with Crippen molar-refractivity contribution < 1.29 is 24.0 Å². The number of nitro benzene ring substituents is 1. The second kappa shape index (κ2) is 7.22. The van der Waals surface area contributed by atoms with Gasteiger partial charge in [0.25, 0.3) is 5.91 Å². The summed E-state index contributed by atoms with van der Waals surface area (Å²) in [6.07, 6.45) is 0.751. The summed E-state index contributed by atoms with van der Waals surface area (Å²) in [5, 5.41) is 11.0. The van der Waals surface area contributed by atoms with Crippen molar-refractivity contribution in [2.24, 2.45) is 0 Å². The summed E-state index contributed by atoms with van der Waals surface area (Å²) in [5.74, 6) is -1.11. The van der Waals surface area contributed by atoms with E-state index in [2.05, 4.69) is 0 Å². The lowest BCUT2D eigenvalue weighted by Crippen LogP contribution is -2.33. The minimum Gasteiger partial charge on any atom is -0.490 e. The van der Waals surface area contributed by atoms with Crippen LogP contribution in [0.2, 0.25) is 0 Å². The van der Waals surface area contributed by atoms with Gasteiger partial charge < -0.3 is 14.4 Å². The summed E-state index contributed by atoms with van der Waals surface area (Å²) in [5.41, 5.74) is 1.51. The molecule has 0 saturated heterocycles. The second-order valence-corrected chi connectivity index (χ2v) is 5.64. The normalized spacial score (nSPS) is 12.4. The number of carbonyl (C=O) groups is 2. The number of methoxy groups -OCH3 is 1. The van der Waals surface area contributed by atoms with Crippen LogP contribution in [-0.4, -0.2) is 37.1 Å². The molecule has 1 aliphatic rings. The van der Waals surface area contributed by atoms with E-state index in [4.69, 9.17) is 9.47 Å². The summed E-state index contributed by atoms with van der Waals surface area (Å²) >= 11 is 0. The van der Waals surface area contributed by atoms with Gasteiger partial charge in [0.2, 0.25) is 0 Å². The molecular weight excluding hydrogens is 340 g/mol. The Morgan fingerprint density at radius 1 is 1.23 bits per heavy atom. The van der Waals surface area contributed by atoms with E-state index in [0.29, 0.717) is 6.54 Å². The van der Waals surface area contributed by atoms with Crippen LogP contribution >= 0.6 is 0 Å². The fourth-order valence-electron chi connectivity index (χ4n) is 2.85. The molecule has 0 bridgehead atoms. The number of anilines is 1.